The van der Waals surface area contributed by atoms with Gasteiger partial charge in [-0.05, 0) is 30.9 Å². The first kappa shape index (κ1) is 20.0. The number of fused-ring (bicyclic) bond motifs is 1. The molecule has 0 unspecified atom stereocenters. The number of amides is 1. The molecule has 0 aliphatic carbocycles. The average molecular weight is 439 g/mol. The van der Waals surface area contributed by atoms with E-state index in [0.717, 1.165) is 55.8 Å². The number of aromatic nitrogens is 3. The van der Waals surface area contributed by atoms with Gasteiger partial charge >= 0.3 is 0 Å². The SMILES string of the molecule is CC1CCN(c2nn3c(C(=O)N4CCN(c5ccccc5)CC4)cc(=O)nc3s2)CC1. The van der Waals surface area contributed by atoms with E-state index in [4.69, 9.17) is 0 Å². The normalized spacial score (nSPS) is 18.0. The lowest BCUT2D eigenvalue weighted by Crippen LogP contribution is -2.49. The van der Waals surface area contributed by atoms with Gasteiger partial charge in [-0.15, -0.1) is 5.10 Å². The van der Waals surface area contributed by atoms with Crippen molar-refractivity contribution < 1.29 is 4.79 Å². The Bertz CT molecular complexity index is 1130. The highest BCUT2D eigenvalue weighted by Crippen LogP contribution is 2.27. The van der Waals surface area contributed by atoms with Crippen LogP contribution < -0.4 is 15.4 Å². The lowest BCUT2D eigenvalue weighted by atomic mass is 10.00. The van der Waals surface area contributed by atoms with Crippen LogP contribution in [0.1, 0.15) is 30.3 Å². The van der Waals surface area contributed by atoms with Crippen LogP contribution in [0.5, 0.6) is 0 Å². The van der Waals surface area contributed by atoms with Gasteiger partial charge in [0.25, 0.3) is 11.5 Å². The molecule has 2 fully saturated rings. The Kier molecular flexibility index (Phi) is 5.35. The molecule has 3 aromatic rings. The minimum absolute atomic E-state index is 0.161. The molecule has 0 atom stereocenters. The minimum atomic E-state index is -0.395. The van der Waals surface area contributed by atoms with Crippen LogP contribution in [0.2, 0.25) is 0 Å². The zero-order valence-corrected chi connectivity index (χ0v) is 18.4. The van der Waals surface area contributed by atoms with Gasteiger partial charge in [0.15, 0.2) is 0 Å². The van der Waals surface area contributed by atoms with E-state index < -0.39 is 5.56 Å². The Labute approximate surface area is 184 Å². The first-order valence-corrected chi connectivity index (χ1v) is 11.7. The first-order chi connectivity index (χ1) is 15.1. The van der Waals surface area contributed by atoms with Crippen molar-refractivity contribution in [2.45, 2.75) is 19.8 Å². The number of anilines is 2. The molecule has 5 rings (SSSR count). The molecular weight excluding hydrogens is 412 g/mol. The van der Waals surface area contributed by atoms with Crippen LogP contribution in [-0.2, 0) is 0 Å². The monoisotopic (exact) mass is 438 g/mol. The van der Waals surface area contributed by atoms with Crippen molar-refractivity contribution in [1.29, 1.82) is 0 Å². The summed E-state index contributed by atoms with van der Waals surface area (Å²) >= 11 is 1.38. The van der Waals surface area contributed by atoms with E-state index in [2.05, 4.69) is 38.9 Å². The Hall–Kier alpha value is -2.94. The summed E-state index contributed by atoms with van der Waals surface area (Å²) in [5, 5.41) is 5.51. The Morgan fingerprint density at radius 3 is 2.42 bits per heavy atom. The molecule has 162 valence electrons. The molecule has 0 spiro atoms. The van der Waals surface area contributed by atoms with Crippen molar-refractivity contribution in [2.75, 3.05) is 49.1 Å². The molecular formula is C22H26N6O2S. The van der Waals surface area contributed by atoms with Gasteiger partial charge in [0.2, 0.25) is 10.1 Å². The molecule has 1 aromatic carbocycles. The van der Waals surface area contributed by atoms with E-state index in [9.17, 15) is 9.59 Å². The summed E-state index contributed by atoms with van der Waals surface area (Å²) in [5.41, 5.74) is 1.07. The quantitative estimate of drug-likeness (QED) is 0.625. The summed E-state index contributed by atoms with van der Waals surface area (Å²) in [6, 6.07) is 11.5. The second-order valence-electron chi connectivity index (χ2n) is 8.34. The Morgan fingerprint density at radius 2 is 1.71 bits per heavy atom. The molecule has 0 N–H and O–H groups in total. The highest BCUT2D eigenvalue weighted by Gasteiger charge is 2.26. The van der Waals surface area contributed by atoms with Crippen LogP contribution in [0.3, 0.4) is 0 Å². The van der Waals surface area contributed by atoms with Crippen LogP contribution >= 0.6 is 11.3 Å². The van der Waals surface area contributed by atoms with Crippen LogP contribution in [0, 0.1) is 5.92 Å². The van der Waals surface area contributed by atoms with E-state index in [-0.39, 0.29) is 5.91 Å². The standard InChI is InChI=1S/C22H26N6O2S/c1-16-7-9-27(10-8-16)22-24-28-18(15-19(29)23-21(28)31-22)20(30)26-13-11-25(12-14-26)17-5-3-2-4-6-17/h2-6,15-16H,7-14H2,1H3. The fraction of sp³-hybridized carbons (Fsp3) is 0.455. The average Bonchev–Trinajstić information content (AvgIpc) is 3.23. The first-order valence-electron chi connectivity index (χ1n) is 10.8. The zero-order valence-electron chi connectivity index (χ0n) is 17.6. The number of benzene rings is 1. The van der Waals surface area contributed by atoms with Crippen LogP contribution in [0.4, 0.5) is 10.8 Å². The molecule has 2 saturated heterocycles. The van der Waals surface area contributed by atoms with Crippen molar-refractivity contribution in [3.8, 4) is 0 Å². The van der Waals surface area contributed by atoms with Crippen molar-refractivity contribution in [3.05, 3.63) is 52.4 Å². The molecule has 0 saturated carbocycles. The summed E-state index contributed by atoms with van der Waals surface area (Å²) in [5.74, 6) is 0.558. The Balaban J connectivity index is 1.37. The van der Waals surface area contributed by atoms with Crippen LogP contribution in [0.15, 0.2) is 41.2 Å². The molecule has 31 heavy (non-hydrogen) atoms. The number of para-hydroxylation sites is 1. The minimum Gasteiger partial charge on any atom is -0.368 e. The number of rotatable bonds is 3. The number of piperidine rings is 1. The largest absolute Gasteiger partial charge is 0.368 e. The second kappa shape index (κ2) is 8.30. The lowest BCUT2D eigenvalue weighted by molar-refractivity contribution is 0.0737. The molecule has 1 amide bonds. The van der Waals surface area contributed by atoms with Gasteiger partial charge in [0, 0.05) is 51.0 Å². The molecule has 2 aliphatic heterocycles. The van der Waals surface area contributed by atoms with Crippen molar-refractivity contribution >= 4 is 33.0 Å². The van der Waals surface area contributed by atoms with Gasteiger partial charge < -0.3 is 14.7 Å². The van der Waals surface area contributed by atoms with Crippen molar-refractivity contribution in [3.63, 3.8) is 0 Å². The molecule has 2 aliphatic rings. The molecule has 8 nitrogen and oxygen atoms in total. The van der Waals surface area contributed by atoms with Crippen LogP contribution in [-0.4, -0.2) is 64.7 Å². The molecule has 2 aromatic heterocycles. The summed E-state index contributed by atoms with van der Waals surface area (Å²) in [4.78, 5) is 36.4. The smallest absolute Gasteiger partial charge is 0.274 e. The van der Waals surface area contributed by atoms with Gasteiger partial charge in [-0.3, -0.25) is 9.59 Å². The number of hydrogen-bond acceptors (Lipinski definition) is 7. The van der Waals surface area contributed by atoms with Crippen molar-refractivity contribution in [2.24, 2.45) is 5.92 Å². The van der Waals surface area contributed by atoms with E-state index in [1.165, 1.54) is 17.4 Å². The maximum atomic E-state index is 13.3. The lowest BCUT2D eigenvalue weighted by Gasteiger charge is -2.36. The fourth-order valence-electron chi connectivity index (χ4n) is 4.25. The number of hydrogen-bond donors (Lipinski definition) is 0. The maximum absolute atomic E-state index is 13.3. The highest BCUT2D eigenvalue weighted by molar-refractivity contribution is 7.20. The van der Waals surface area contributed by atoms with E-state index in [0.29, 0.717) is 23.7 Å². The summed E-state index contributed by atoms with van der Waals surface area (Å²) < 4.78 is 1.56. The maximum Gasteiger partial charge on any atom is 0.274 e. The third kappa shape index (κ3) is 4.01. The third-order valence-electron chi connectivity index (χ3n) is 6.21. The predicted octanol–water partition coefficient (Wildman–Crippen LogP) is 2.35. The number of nitrogens with zero attached hydrogens (tertiary/aromatic N) is 6. The van der Waals surface area contributed by atoms with Gasteiger partial charge in [-0.2, -0.15) is 9.50 Å². The van der Waals surface area contributed by atoms with Gasteiger partial charge in [-0.1, -0.05) is 36.5 Å². The second-order valence-corrected chi connectivity index (χ2v) is 9.28. The van der Waals surface area contributed by atoms with Crippen molar-refractivity contribution in [1.82, 2.24) is 19.5 Å². The number of carbonyl (C=O) groups excluding carboxylic acids is 1. The molecule has 4 heterocycles. The fourth-order valence-corrected chi connectivity index (χ4v) is 5.21. The topological polar surface area (TPSA) is 74.1 Å². The summed E-state index contributed by atoms with van der Waals surface area (Å²) in [6.45, 7) is 6.87. The van der Waals surface area contributed by atoms with Gasteiger partial charge in [0.05, 0.1) is 0 Å². The van der Waals surface area contributed by atoms with E-state index in [1.54, 1.807) is 4.52 Å². The summed E-state index contributed by atoms with van der Waals surface area (Å²) in [7, 11) is 0. The highest BCUT2D eigenvalue weighted by atomic mass is 32.1. The molecule has 0 radical (unpaired) electrons. The van der Waals surface area contributed by atoms with Gasteiger partial charge in [-0.25, -0.2) is 0 Å². The third-order valence-corrected chi connectivity index (χ3v) is 7.17. The zero-order chi connectivity index (χ0) is 21.4. The number of piperazine rings is 1. The molecule has 9 heteroatoms. The number of carbonyl (C=O) groups is 1. The van der Waals surface area contributed by atoms with Gasteiger partial charge in [0.1, 0.15) is 5.69 Å². The van der Waals surface area contributed by atoms with Crippen LogP contribution in [0.25, 0.3) is 4.96 Å². The Morgan fingerprint density at radius 1 is 1.00 bits per heavy atom. The summed E-state index contributed by atoms with van der Waals surface area (Å²) in [6.07, 6.45) is 2.25. The van der Waals surface area contributed by atoms with E-state index >= 15 is 0 Å². The van der Waals surface area contributed by atoms with E-state index in [1.807, 2.05) is 23.1 Å². The predicted molar refractivity (Wildman–Crippen MR) is 122 cm³/mol. The molecule has 0 bridgehead atoms.